The number of carbonyl (C=O) groups excluding carboxylic acids is 1. The number of nitrogens with one attached hydrogen (secondary N) is 2. The maximum atomic E-state index is 12.8. The standard InChI is InChI=1S/C23H27N7O/c1-15-3-2-9-29(15)14-22-27-19-6-5-18(12-20(19)28-22)26-23(31)16-4-7-21-17(11-16)13-25-30(21)10-8-24/h4-7,11-13,15H,2-3,8-10,14,24H2,1H3,(H,26,31)(H,27,28)/t15-/m0/s1. The Hall–Kier alpha value is -3.23. The van der Waals surface area contributed by atoms with Gasteiger partial charge in [0, 0.05) is 29.2 Å². The number of H-pyrrole nitrogens is 1. The number of amides is 1. The van der Waals surface area contributed by atoms with Crippen molar-refractivity contribution in [3.63, 3.8) is 0 Å². The second-order valence-electron chi connectivity index (χ2n) is 8.26. The first-order chi connectivity index (χ1) is 15.1. The lowest BCUT2D eigenvalue weighted by atomic mass is 10.1. The molecule has 31 heavy (non-hydrogen) atoms. The molecule has 0 bridgehead atoms. The van der Waals surface area contributed by atoms with Crippen LogP contribution >= 0.6 is 0 Å². The largest absolute Gasteiger partial charge is 0.341 e. The van der Waals surface area contributed by atoms with E-state index in [0.717, 1.165) is 46.5 Å². The minimum Gasteiger partial charge on any atom is -0.341 e. The summed E-state index contributed by atoms with van der Waals surface area (Å²) in [5.41, 5.74) is 9.75. The average molecular weight is 418 g/mol. The van der Waals surface area contributed by atoms with E-state index in [0.29, 0.717) is 24.7 Å². The molecule has 5 rings (SSSR count). The third-order valence-corrected chi connectivity index (χ3v) is 6.08. The van der Waals surface area contributed by atoms with Crippen molar-refractivity contribution in [1.82, 2.24) is 24.6 Å². The number of likely N-dealkylation sites (tertiary alicyclic amines) is 1. The fourth-order valence-corrected chi connectivity index (χ4v) is 4.36. The number of imidazole rings is 1. The van der Waals surface area contributed by atoms with E-state index < -0.39 is 0 Å². The van der Waals surface area contributed by atoms with Crippen molar-refractivity contribution in [3.8, 4) is 0 Å². The highest BCUT2D eigenvalue weighted by atomic mass is 16.1. The molecule has 1 amide bonds. The van der Waals surface area contributed by atoms with Crippen LogP contribution in [0.3, 0.4) is 0 Å². The Morgan fingerprint density at radius 3 is 3.00 bits per heavy atom. The summed E-state index contributed by atoms with van der Waals surface area (Å²) in [6.07, 6.45) is 4.26. The van der Waals surface area contributed by atoms with Gasteiger partial charge in [-0.25, -0.2) is 4.98 Å². The van der Waals surface area contributed by atoms with Gasteiger partial charge in [0.2, 0.25) is 0 Å². The first-order valence-corrected chi connectivity index (χ1v) is 10.8. The van der Waals surface area contributed by atoms with Crippen LogP contribution in [0.15, 0.2) is 42.6 Å². The number of fused-ring (bicyclic) bond motifs is 2. The van der Waals surface area contributed by atoms with Crippen molar-refractivity contribution in [1.29, 1.82) is 0 Å². The van der Waals surface area contributed by atoms with E-state index in [9.17, 15) is 4.79 Å². The average Bonchev–Trinajstić information content (AvgIpc) is 3.47. The summed E-state index contributed by atoms with van der Waals surface area (Å²) in [7, 11) is 0. The van der Waals surface area contributed by atoms with Crippen LogP contribution in [0.25, 0.3) is 21.9 Å². The van der Waals surface area contributed by atoms with Crippen LogP contribution in [0.2, 0.25) is 0 Å². The van der Waals surface area contributed by atoms with E-state index in [4.69, 9.17) is 10.7 Å². The number of benzene rings is 2. The topological polar surface area (TPSA) is 105 Å². The molecule has 1 saturated heterocycles. The molecule has 0 unspecified atom stereocenters. The maximum absolute atomic E-state index is 12.8. The number of aromatic nitrogens is 4. The molecule has 8 nitrogen and oxygen atoms in total. The highest BCUT2D eigenvalue weighted by Gasteiger charge is 2.21. The summed E-state index contributed by atoms with van der Waals surface area (Å²) in [5.74, 6) is 0.807. The fourth-order valence-electron chi connectivity index (χ4n) is 4.36. The second kappa shape index (κ2) is 8.13. The second-order valence-corrected chi connectivity index (χ2v) is 8.26. The molecule has 2 aromatic carbocycles. The van der Waals surface area contributed by atoms with Crippen molar-refractivity contribution in [3.05, 3.63) is 54.0 Å². The summed E-state index contributed by atoms with van der Waals surface area (Å²) in [4.78, 5) is 23.4. The van der Waals surface area contributed by atoms with Crippen LogP contribution < -0.4 is 11.1 Å². The Morgan fingerprint density at radius 1 is 1.29 bits per heavy atom. The van der Waals surface area contributed by atoms with E-state index in [1.54, 1.807) is 6.20 Å². The van der Waals surface area contributed by atoms with E-state index in [2.05, 4.69) is 27.2 Å². The van der Waals surface area contributed by atoms with Gasteiger partial charge in [-0.05, 0) is 62.7 Å². The molecule has 1 aliphatic heterocycles. The summed E-state index contributed by atoms with van der Waals surface area (Å²) in [5, 5.41) is 8.24. The Labute approximate surface area is 180 Å². The predicted molar refractivity (Wildman–Crippen MR) is 122 cm³/mol. The van der Waals surface area contributed by atoms with Crippen molar-refractivity contribution in [2.75, 3.05) is 18.4 Å². The summed E-state index contributed by atoms with van der Waals surface area (Å²) < 4.78 is 1.85. The van der Waals surface area contributed by atoms with Crippen LogP contribution in [-0.4, -0.2) is 49.7 Å². The minimum atomic E-state index is -0.158. The summed E-state index contributed by atoms with van der Waals surface area (Å²) in [6, 6.07) is 12.0. The van der Waals surface area contributed by atoms with E-state index in [-0.39, 0.29) is 5.91 Å². The van der Waals surface area contributed by atoms with Gasteiger partial charge in [0.25, 0.3) is 5.91 Å². The third-order valence-electron chi connectivity index (χ3n) is 6.08. The lowest BCUT2D eigenvalue weighted by Crippen LogP contribution is -2.26. The SMILES string of the molecule is C[C@H]1CCCN1Cc1nc2cc(NC(=O)c3ccc4c(cnn4CCN)c3)ccc2[nH]1. The van der Waals surface area contributed by atoms with Gasteiger partial charge >= 0.3 is 0 Å². The third kappa shape index (κ3) is 3.92. The van der Waals surface area contributed by atoms with E-state index >= 15 is 0 Å². The zero-order valence-electron chi connectivity index (χ0n) is 17.6. The molecule has 0 aliphatic carbocycles. The zero-order chi connectivity index (χ0) is 21.4. The summed E-state index contributed by atoms with van der Waals surface area (Å²) in [6.45, 7) is 5.39. The fraction of sp³-hybridized carbons (Fsp3) is 0.348. The molecule has 8 heteroatoms. The van der Waals surface area contributed by atoms with Crippen molar-refractivity contribution >= 4 is 33.5 Å². The molecule has 3 heterocycles. The molecule has 4 aromatic rings. The highest BCUT2D eigenvalue weighted by molar-refractivity contribution is 6.06. The molecular formula is C23H27N7O. The molecule has 2 aromatic heterocycles. The van der Waals surface area contributed by atoms with Gasteiger partial charge in [-0.2, -0.15) is 5.10 Å². The molecular weight excluding hydrogens is 390 g/mol. The van der Waals surface area contributed by atoms with Crippen LogP contribution in [-0.2, 0) is 13.1 Å². The Kier molecular flexibility index (Phi) is 5.17. The van der Waals surface area contributed by atoms with Crippen LogP contribution in [0.1, 0.15) is 35.9 Å². The van der Waals surface area contributed by atoms with E-state index in [1.165, 1.54) is 12.8 Å². The van der Waals surface area contributed by atoms with Gasteiger partial charge in [-0.1, -0.05) is 0 Å². The maximum Gasteiger partial charge on any atom is 0.255 e. The lowest BCUT2D eigenvalue weighted by molar-refractivity contribution is 0.102. The van der Waals surface area contributed by atoms with Crippen molar-refractivity contribution in [2.24, 2.45) is 5.73 Å². The number of aromatic amines is 1. The quantitative estimate of drug-likeness (QED) is 0.447. The first-order valence-electron chi connectivity index (χ1n) is 10.8. The van der Waals surface area contributed by atoms with Gasteiger partial charge in [0.05, 0.1) is 35.8 Å². The lowest BCUT2D eigenvalue weighted by Gasteiger charge is -2.19. The van der Waals surface area contributed by atoms with Crippen molar-refractivity contribution < 1.29 is 4.79 Å². The predicted octanol–water partition coefficient (Wildman–Crippen LogP) is 3.11. The van der Waals surface area contributed by atoms with Gasteiger partial charge in [0.1, 0.15) is 5.82 Å². The Balaban J connectivity index is 1.32. The molecule has 1 atom stereocenters. The number of nitrogens with two attached hydrogens (primary N) is 1. The van der Waals surface area contributed by atoms with Gasteiger partial charge < -0.3 is 16.0 Å². The normalized spacial score (nSPS) is 17.0. The minimum absolute atomic E-state index is 0.158. The Bertz CT molecular complexity index is 1240. The molecule has 4 N–H and O–H groups in total. The highest BCUT2D eigenvalue weighted by Crippen LogP contribution is 2.22. The smallest absolute Gasteiger partial charge is 0.255 e. The first kappa shape index (κ1) is 19.7. The molecule has 1 aliphatic rings. The van der Waals surface area contributed by atoms with E-state index in [1.807, 2.05) is 41.1 Å². The molecule has 0 saturated carbocycles. The van der Waals surface area contributed by atoms with Gasteiger partial charge in [-0.3, -0.25) is 14.4 Å². The van der Waals surface area contributed by atoms with Gasteiger partial charge in [-0.15, -0.1) is 0 Å². The van der Waals surface area contributed by atoms with Crippen LogP contribution in [0.5, 0.6) is 0 Å². The monoisotopic (exact) mass is 417 g/mol. The number of carbonyl (C=O) groups is 1. The Morgan fingerprint density at radius 2 is 2.19 bits per heavy atom. The number of rotatable bonds is 6. The summed E-state index contributed by atoms with van der Waals surface area (Å²) >= 11 is 0. The number of hydrogen-bond acceptors (Lipinski definition) is 5. The zero-order valence-corrected chi connectivity index (χ0v) is 17.6. The molecule has 0 radical (unpaired) electrons. The van der Waals surface area contributed by atoms with Crippen LogP contribution in [0.4, 0.5) is 5.69 Å². The molecule has 0 spiro atoms. The molecule has 1 fully saturated rings. The number of hydrogen-bond donors (Lipinski definition) is 3. The number of nitrogens with zero attached hydrogens (tertiary/aromatic N) is 4. The van der Waals surface area contributed by atoms with Crippen LogP contribution in [0, 0.1) is 0 Å². The molecule has 160 valence electrons. The van der Waals surface area contributed by atoms with Gasteiger partial charge in [0.15, 0.2) is 0 Å². The number of anilines is 1. The van der Waals surface area contributed by atoms with Crippen molar-refractivity contribution in [2.45, 2.75) is 38.9 Å².